The maximum absolute atomic E-state index is 12.8. The van der Waals surface area contributed by atoms with E-state index in [9.17, 15) is 24.0 Å². The lowest BCUT2D eigenvalue weighted by Gasteiger charge is -2.45. The molecule has 1 aromatic carbocycles. The Kier molecular flexibility index (Phi) is 13.1. The molecule has 0 aliphatic carbocycles. The van der Waals surface area contributed by atoms with E-state index in [1.165, 1.54) is 24.0 Å². The van der Waals surface area contributed by atoms with Crippen molar-refractivity contribution in [1.82, 2.24) is 9.96 Å². The SMILES string of the molecule is COC(=O)C1(N(OCc2ccccc2)C(C)=O)CCN(CCc2cccs2)CC1.O=C(O)CC(O)(CC(=O)O)C(=O)O. The summed E-state index contributed by atoms with van der Waals surface area (Å²) in [7, 11) is 1.36. The summed E-state index contributed by atoms with van der Waals surface area (Å²) in [6, 6.07) is 13.8. The number of carboxylic acids is 3. The molecular formula is C28H36N2O11S. The molecular weight excluding hydrogens is 572 g/mol. The summed E-state index contributed by atoms with van der Waals surface area (Å²) < 4.78 is 5.10. The van der Waals surface area contributed by atoms with Crippen LogP contribution in [0, 0.1) is 0 Å². The number of carboxylic acid groups (broad SMARTS) is 3. The van der Waals surface area contributed by atoms with E-state index >= 15 is 0 Å². The first kappa shape index (κ1) is 34.4. The van der Waals surface area contributed by atoms with Crippen LogP contribution in [0.25, 0.3) is 0 Å². The van der Waals surface area contributed by atoms with Gasteiger partial charge in [0, 0.05) is 31.4 Å². The molecule has 1 fully saturated rings. The number of methoxy groups -OCH3 is 1. The Bertz CT molecular complexity index is 1180. The molecule has 42 heavy (non-hydrogen) atoms. The summed E-state index contributed by atoms with van der Waals surface area (Å²) in [5, 5.41) is 37.1. The minimum absolute atomic E-state index is 0.223. The second-order valence-electron chi connectivity index (χ2n) is 9.74. The lowest BCUT2D eigenvalue weighted by molar-refractivity contribution is -0.239. The molecule has 1 saturated heterocycles. The van der Waals surface area contributed by atoms with Crippen LogP contribution in [-0.4, -0.2) is 98.1 Å². The highest BCUT2D eigenvalue weighted by Crippen LogP contribution is 2.32. The van der Waals surface area contributed by atoms with Crippen molar-refractivity contribution in [2.45, 2.75) is 56.8 Å². The Morgan fingerprint density at radius 1 is 0.976 bits per heavy atom. The number of aliphatic hydroxyl groups is 1. The van der Waals surface area contributed by atoms with Crippen LogP contribution in [-0.2, 0) is 46.6 Å². The van der Waals surface area contributed by atoms with Gasteiger partial charge in [0.15, 0.2) is 11.1 Å². The first-order chi connectivity index (χ1) is 19.8. The Morgan fingerprint density at radius 3 is 2.02 bits per heavy atom. The Labute approximate surface area is 246 Å². The second-order valence-corrected chi connectivity index (χ2v) is 10.8. The van der Waals surface area contributed by atoms with E-state index in [1.54, 1.807) is 11.3 Å². The van der Waals surface area contributed by atoms with E-state index in [-0.39, 0.29) is 12.5 Å². The van der Waals surface area contributed by atoms with E-state index in [0.717, 1.165) is 18.5 Å². The maximum atomic E-state index is 12.8. The molecule has 0 unspecified atom stereocenters. The molecule has 3 rings (SSSR count). The first-order valence-electron chi connectivity index (χ1n) is 13.0. The molecule has 0 spiro atoms. The smallest absolute Gasteiger partial charge is 0.336 e. The van der Waals surface area contributed by atoms with Crippen molar-refractivity contribution in [3.05, 3.63) is 58.3 Å². The quantitative estimate of drug-likeness (QED) is 0.191. The normalized spacial score (nSPS) is 14.6. The predicted octanol–water partition coefficient (Wildman–Crippen LogP) is 2.03. The van der Waals surface area contributed by atoms with Crippen LogP contribution >= 0.6 is 11.3 Å². The fourth-order valence-corrected chi connectivity index (χ4v) is 5.19. The van der Waals surface area contributed by atoms with Crippen molar-refractivity contribution < 1.29 is 54.0 Å². The second kappa shape index (κ2) is 16.0. The molecule has 1 amide bonds. The molecule has 1 aliphatic rings. The van der Waals surface area contributed by atoms with Gasteiger partial charge in [0.05, 0.1) is 20.0 Å². The highest BCUT2D eigenvalue weighted by molar-refractivity contribution is 7.09. The van der Waals surface area contributed by atoms with Crippen LogP contribution < -0.4 is 0 Å². The Hall–Kier alpha value is -3.85. The highest BCUT2D eigenvalue weighted by atomic mass is 32.1. The first-order valence-corrected chi connectivity index (χ1v) is 13.9. The number of aliphatic carboxylic acids is 3. The number of piperidine rings is 1. The predicted molar refractivity (Wildman–Crippen MR) is 149 cm³/mol. The van der Waals surface area contributed by atoms with Crippen LogP contribution in [0.1, 0.15) is 43.0 Å². The van der Waals surface area contributed by atoms with Gasteiger partial charge in [-0.15, -0.1) is 11.3 Å². The van der Waals surface area contributed by atoms with Crippen molar-refractivity contribution in [1.29, 1.82) is 0 Å². The minimum atomic E-state index is -2.74. The van der Waals surface area contributed by atoms with Crippen LogP contribution in [0.4, 0.5) is 0 Å². The van der Waals surface area contributed by atoms with Crippen LogP contribution in [0.15, 0.2) is 47.8 Å². The summed E-state index contributed by atoms with van der Waals surface area (Å²) >= 11 is 1.76. The van der Waals surface area contributed by atoms with E-state index < -0.39 is 47.9 Å². The fourth-order valence-electron chi connectivity index (χ4n) is 4.49. The molecule has 14 heteroatoms. The molecule has 0 radical (unpaired) electrons. The third kappa shape index (κ3) is 9.91. The average molecular weight is 609 g/mol. The Morgan fingerprint density at radius 2 is 1.57 bits per heavy atom. The van der Waals surface area contributed by atoms with Gasteiger partial charge in [-0.05, 0) is 36.3 Å². The zero-order valence-corrected chi connectivity index (χ0v) is 24.2. The number of likely N-dealkylation sites (tertiary alicyclic amines) is 1. The molecule has 0 atom stereocenters. The molecule has 1 aliphatic heterocycles. The van der Waals surface area contributed by atoms with Crippen LogP contribution in [0.5, 0.6) is 0 Å². The van der Waals surface area contributed by atoms with Crippen molar-refractivity contribution >= 4 is 41.1 Å². The third-order valence-corrected chi connectivity index (χ3v) is 7.60. The van der Waals surface area contributed by atoms with E-state index in [1.807, 2.05) is 30.3 Å². The van der Waals surface area contributed by atoms with Crippen LogP contribution in [0.3, 0.4) is 0 Å². The van der Waals surface area contributed by atoms with Gasteiger partial charge in [0.1, 0.15) is 6.61 Å². The average Bonchev–Trinajstić information content (AvgIpc) is 3.46. The van der Waals surface area contributed by atoms with Crippen molar-refractivity contribution in [3.8, 4) is 0 Å². The number of carbonyl (C=O) groups is 5. The van der Waals surface area contributed by atoms with Gasteiger partial charge in [-0.25, -0.2) is 14.7 Å². The number of rotatable bonds is 13. The summed E-state index contributed by atoms with van der Waals surface area (Å²) in [5.74, 6) is -5.73. The fraction of sp³-hybridized carbons (Fsp3) is 0.464. The van der Waals surface area contributed by atoms with Crippen molar-refractivity contribution in [3.63, 3.8) is 0 Å². The zero-order chi connectivity index (χ0) is 31.3. The zero-order valence-electron chi connectivity index (χ0n) is 23.4. The molecule has 230 valence electrons. The van der Waals surface area contributed by atoms with E-state index in [4.69, 9.17) is 30.0 Å². The molecule has 0 saturated carbocycles. The number of ether oxygens (including phenoxy) is 1. The minimum Gasteiger partial charge on any atom is -0.481 e. The van der Waals surface area contributed by atoms with E-state index in [2.05, 4.69) is 22.4 Å². The molecule has 2 heterocycles. The van der Waals surface area contributed by atoms with Gasteiger partial charge in [-0.3, -0.25) is 19.2 Å². The number of hydrogen-bond donors (Lipinski definition) is 4. The summed E-state index contributed by atoms with van der Waals surface area (Å²) in [6.07, 6.45) is -0.329. The number of benzene rings is 1. The molecule has 2 aromatic rings. The number of thiophene rings is 1. The Balaban J connectivity index is 0.000000401. The molecule has 4 N–H and O–H groups in total. The van der Waals surface area contributed by atoms with Crippen LogP contribution in [0.2, 0.25) is 0 Å². The number of nitrogens with zero attached hydrogens (tertiary/aromatic N) is 2. The van der Waals surface area contributed by atoms with Gasteiger partial charge in [0.2, 0.25) is 5.91 Å². The van der Waals surface area contributed by atoms with Gasteiger partial charge in [0.25, 0.3) is 0 Å². The van der Waals surface area contributed by atoms with Gasteiger partial charge >= 0.3 is 23.9 Å². The lowest BCUT2D eigenvalue weighted by atomic mass is 9.86. The number of amides is 1. The van der Waals surface area contributed by atoms with Gasteiger partial charge < -0.3 is 30.1 Å². The summed E-state index contributed by atoms with van der Waals surface area (Å²) in [4.78, 5) is 65.3. The monoisotopic (exact) mass is 608 g/mol. The topological polar surface area (TPSA) is 191 Å². The molecule has 0 bridgehead atoms. The molecule has 1 aromatic heterocycles. The largest absolute Gasteiger partial charge is 0.481 e. The third-order valence-electron chi connectivity index (χ3n) is 6.67. The van der Waals surface area contributed by atoms with Crippen molar-refractivity contribution in [2.24, 2.45) is 0 Å². The number of esters is 1. The van der Waals surface area contributed by atoms with Gasteiger partial charge in [-0.2, -0.15) is 0 Å². The number of hydrogen-bond acceptors (Lipinski definition) is 10. The standard InChI is InChI=1S/C22H28N2O4S.C6H8O7/c1-18(25)24(28-17-19-7-4-3-5-8-19)22(21(26)27-2)11-14-23(15-12-22)13-10-20-9-6-16-29-20;7-3(8)1-6(13,5(11)12)2-4(9)10/h3-9,16H,10-15,17H2,1-2H3;13H,1-2H2,(H,7,8)(H,9,10)(H,11,12). The van der Waals surface area contributed by atoms with Gasteiger partial charge in [-0.1, -0.05) is 36.4 Å². The molecule has 13 nitrogen and oxygen atoms in total. The summed E-state index contributed by atoms with van der Waals surface area (Å²) in [6.45, 7) is 4.00. The van der Waals surface area contributed by atoms with Crippen molar-refractivity contribution in [2.75, 3.05) is 26.7 Å². The maximum Gasteiger partial charge on any atom is 0.336 e. The highest BCUT2D eigenvalue weighted by Gasteiger charge is 2.50. The summed E-state index contributed by atoms with van der Waals surface area (Å²) in [5.41, 5.74) is -2.89. The lowest BCUT2D eigenvalue weighted by Crippen LogP contribution is -2.61. The number of hydroxylamine groups is 2. The number of carbonyl (C=O) groups excluding carboxylic acids is 2. The van der Waals surface area contributed by atoms with E-state index in [0.29, 0.717) is 25.9 Å².